The Kier molecular flexibility index (Phi) is 4.08. The summed E-state index contributed by atoms with van der Waals surface area (Å²) in [7, 11) is 0. The molecule has 0 bridgehead atoms. The maximum Gasteiger partial charge on any atom is 0.519 e. The van der Waals surface area contributed by atoms with Crippen molar-refractivity contribution in [3.63, 3.8) is 0 Å². The highest BCUT2D eigenvalue weighted by molar-refractivity contribution is 5.92. The smallest absolute Gasteiger partial charge is 0.478 e. The topological polar surface area (TPSA) is 98.9 Å². The molecule has 0 fully saturated rings. The van der Waals surface area contributed by atoms with Gasteiger partial charge in [0.05, 0.1) is 0 Å². The summed E-state index contributed by atoms with van der Waals surface area (Å²) < 4.78 is 9.85. The first-order chi connectivity index (χ1) is 9.95. The van der Waals surface area contributed by atoms with E-state index in [-0.39, 0.29) is 17.0 Å². The summed E-state index contributed by atoms with van der Waals surface area (Å²) >= 11 is 0. The monoisotopic (exact) mass is 287 g/mol. The number of nitrogen functional groups attached to an aromatic ring is 1. The van der Waals surface area contributed by atoms with Crippen LogP contribution < -0.4 is 15.2 Å². The van der Waals surface area contributed by atoms with Crippen molar-refractivity contribution in [3.05, 3.63) is 53.6 Å². The van der Waals surface area contributed by atoms with E-state index in [2.05, 4.69) is 0 Å². The predicted octanol–water partition coefficient (Wildman–Crippen LogP) is 2.85. The van der Waals surface area contributed by atoms with Gasteiger partial charge in [-0.2, -0.15) is 0 Å². The Morgan fingerprint density at radius 3 is 2.33 bits per heavy atom. The molecule has 0 unspecified atom stereocenters. The van der Waals surface area contributed by atoms with Crippen LogP contribution in [0.5, 0.6) is 11.5 Å². The minimum absolute atomic E-state index is 0.167. The molecule has 0 aliphatic rings. The Hall–Kier alpha value is -3.02. The van der Waals surface area contributed by atoms with E-state index in [9.17, 15) is 9.59 Å². The average Bonchev–Trinajstić information content (AvgIpc) is 2.41. The van der Waals surface area contributed by atoms with Gasteiger partial charge in [-0.1, -0.05) is 17.7 Å². The van der Waals surface area contributed by atoms with E-state index in [1.165, 1.54) is 18.2 Å². The molecule has 0 saturated carbocycles. The number of benzene rings is 2. The van der Waals surface area contributed by atoms with Gasteiger partial charge in [-0.05, 0) is 31.2 Å². The van der Waals surface area contributed by atoms with Crippen molar-refractivity contribution in [2.24, 2.45) is 0 Å². The maximum absolute atomic E-state index is 11.7. The Labute approximate surface area is 120 Å². The van der Waals surface area contributed by atoms with Crippen LogP contribution in [-0.4, -0.2) is 17.2 Å². The molecule has 0 amide bonds. The molecule has 6 heteroatoms. The molecule has 6 nitrogen and oxygen atoms in total. The average molecular weight is 287 g/mol. The fraction of sp³-hybridized carbons (Fsp3) is 0.0667. The lowest BCUT2D eigenvalue weighted by Crippen LogP contribution is -2.16. The zero-order chi connectivity index (χ0) is 15.4. The molecule has 0 atom stereocenters. The number of carbonyl (C=O) groups is 2. The van der Waals surface area contributed by atoms with Gasteiger partial charge < -0.3 is 20.3 Å². The Morgan fingerprint density at radius 1 is 1.05 bits per heavy atom. The number of carbonyl (C=O) groups excluding carboxylic acids is 1. The van der Waals surface area contributed by atoms with Gasteiger partial charge in [-0.25, -0.2) is 9.59 Å². The van der Waals surface area contributed by atoms with Gasteiger partial charge >= 0.3 is 12.1 Å². The zero-order valence-electron chi connectivity index (χ0n) is 11.2. The van der Waals surface area contributed by atoms with Gasteiger partial charge in [-0.15, -0.1) is 0 Å². The number of carboxylic acid groups (broad SMARTS) is 1. The van der Waals surface area contributed by atoms with E-state index in [0.29, 0.717) is 5.75 Å². The minimum Gasteiger partial charge on any atom is -0.478 e. The second-order valence-electron chi connectivity index (χ2n) is 4.33. The molecule has 0 saturated heterocycles. The standard InChI is InChI=1S/C15H13NO5/c1-9-2-5-11(6-3-9)20-15(19)21-13-8-10(16)4-7-12(13)14(17)18/h2-8H,16H2,1H3,(H,17,18). The molecule has 0 radical (unpaired) electrons. The summed E-state index contributed by atoms with van der Waals surface area (Å²) in [6.45, 7) is 1.90. The van der Waals surface area contributed by atoms with Gasteiger partial charge in [0, 0.05) is 11.8 Å². The number of hydrogen-bond donors (Lipinski definition) is 2. The fourth-order valence-corrected chi connectivity index (χ4v) is 1.61. The van der Waals surface area contributed by atoms with Gasteiger partial charge in [0.2, 0.25) is 0 Å². The van der Waals surface area contributed by atoms with Gasteiger partial charge in [0.1, 0.15) is 11.3 Å². The van der Waals surface area contributed by atoms with E-state index in [1.54, 1.807) is 24.3 Å². The molecule has 21 heavy (non-hydrogen) atoms. The molecule has 2 aromatic carbocycles. The van der Waals surface area contributed by atoms with E-state index in [1.807, 2.05) is 6.92 Å². The number of aryl methyl sites for hydroxylation is 1. The van der Waals surface area contributed by atoms with Crippen molar-refractivity contribution in [2.45, 2.75) is 6.92 Å². The number of hydrogen-bond acceptors (Lipinski definition) is 5. The summed E-state index contributed by atoms with van der Waals surface area (Å²) in [5.41, 5.74) is 6.66. The molecule has 2 aromatic rings. The first kappa shape index (κ1) is 14.4. The summed E-state index contributed by atoms with van der Waals surface area (Å²) in [5, 5.41) is 9.02. The maximum atomic E-state index is 11.7. The van der Waals surface area contributed by atoms with Crippen molar-refractivity contribution in [1.82, 2.24) is 0 Å². The van der Waals surface area contributed by atoms with Crippen LogP contribution in [0.2, 0.25) is 0 Å². The van der Waals surface area contributed by atoms with E-state index in [4.69, 9.17) is 20.3 Å². The zero-order valence-corrected chi connectivity index (χ0v) is 11.2. The largest absolute Gasteiger partial charge is 0.519 e. The second kappa shape index (κ2) is 5.96. The molecule has 0 heterocycles. The van der Waals surface area contributed by atoms with Crippen molar-refractivity contribution < 1.29 is 24.2 Å². The van der Waals surface area contributed by atoms with Crippen molar-refractivity contribution >= 4 is 17.8 Å². The van der Waals surface area contributed by atoms with Crippen LogP contribution in [0.15, 0.2) is 42.5 Å². The SMILES string of the molecule is Cc1ccc(OC(=O)Oc2cc(N)ccc2C(=O)O)cc1. The van der Waals surface area contributed by atoms with Gasteiger partial charge in [-0.3, -0.25) is 0 Å². The fourth-order valence-electron chi connectivity index (χ4n) is 1.61. The first-order valence-corrected chi connectivity index (χ1v) is 6.05. The third kappa shape index (κ3) is 3.73. The molecule has 0 aliphatic heterocycles. The molecular formula is C15H13NO5. The molecule has 0 aromatic heterocycles. The number of carboxylic acids is 1. The van der Waals surface area contributed by atoms with Crippen molar-refractivity contribution in [1.29, 1.82) is 0 Å². The molecule has 3 N–H and O–H groups in total. The summed E-state index contributed by atoms with van der Waals surface area (Å²) in [4.78, 5) is 22.7. The van der Waals surface area contributed by atoms with Crippen LogP contribution in [-0.2, 0) is 0 Å². The van der Waals surface area contributed by atoms with Crippen molar-refractivity contribution in [3.8, 4) is 11.5 Å². The third-order valence-corrected chi connectivity index (χ3v) is 2.65. The summed E-state index contributed by atoms with van der Waals surface area (Å²) in [6, 6.07) is 10.7. The van der Waals surface area contributed by atoms with Crippen LogP contribution in [0.4, 0.5) is 10.5 Å². The normalized spacial score (nSPS) is 9.95. The highest BCUT2D eigenvalue weighted by atomic mass is 16.7. The minimum atomic E-state index is -1.23. The molecule has 108 valence electrons. The highest BCUT2D eigenvalue weighted by Crippen LogP contribution is 2.23. The van der Waals surface area contributed by atoms with Crippen molar-refractivity contribution in [2.75, 3.05) is 5.73 Å². The second-order valence-corrected chi connectivity index (χ2v) is 4.33. The first-order valence-electron chi connectivity index (χ1n) is 6.05. The van der Waals surface area contributed by atoms with Gasteiger partial charge in [0.15, 0.2) is 5.75 Å². The lowest BCUT2D eigenvalue weighted by atomic mass is 10.2. The molecule has 2 rings (SSSR count). The Bertz CT molecular complexity index is 679. The van der Waals surface area contributed by atoms with Crippen LogP contribution in [0.25, 0.3) is 0 Å². The van der Waals surface area contributed by atoms with Crippen LogP contribution in [0, 0.1) is 6.92 Å². The molecular weight excluding hydrogens is 274 g/mol. The van der Waals surface area contributed by atoms with Crippen LogP contribution in [0.3, 0.4) is 0 Å². The van der Waals surface area contributed by atoms with Gasteiger partial charge in [0.25, 0.3) is 0 Å². The number of anilines is 1. The summed E-state index contributed by atoms with van der Waals surface area (Å²) in [5.74, 6) is -1.10. The predicted molar refractivity (Wildman–Crippen MR) is 75.6 cm³/mol. The quantitative estimate of drug-likeness (QED) is 0.511. The van der Waals surface area contributed by atoms with E-state index < -0.39 is 12.1 Å². The number of nitrogens with two attached hydrogens (primary N) is 1. The molecule has 0 spiro atoms. The van der Waals surface area contributed by atoms with Crippen LogP contribution >= 0.6 is 0 Å². The van der Waals surface area contributed by atoms with E-state index in [0.717, 1.165) is 5.56 Å². The third-order valence-electron chi connectivity index (χ3n) is 2.65. The number of aromatic carboxylic acids is 1. The summed E-state index contributed by atoms with van der Waals surface area (Å²) in [6.07, 6.45) is -1.04. The van der Waals surface area contributed by atoms with Crippen LogP contribution in [0.1, 0.15) is 15.9 Å². The number of ether oxygens (including phenoxy) is 2. The lowest BCUT2D eigenvalue weighted by Gasteiger charge is -2.08. The lowest BCUT2D eigenvalue weighted by molar-refractivity contribution is 0.0693. The van der Waals surface area contributed by atoms with E-state index >= 15 is 0 Å². The Morgan fingerprint density at radius 2 is 1.71 bits per heavy atom. The Balaban J connectivity index is 2.14. The highest BCUT2D eigenvalue weighted by Gasteiger charge is 2.16. The molecule has 0 aliphatic carbocycles. The number of rotatable bonds is 3.